The van der Waals surface area contributed by atoms with Crippen molar-refractivity contribution in [1.29, 1.82) is 0 Å². The van der Waals surface area contributed by atoms with Crippen LogP contribution in [0.3, 0.4) is 0 Å². The molecule has 8 nitrogen and oxygen atoms in total. The highest BCUT2D eigenvalue weighted by Gasteiger charge is 2.43. The Hall–Kier alpha value is -4.37. The van der Waals surface area contributed by atoms with Crippen LogP contribution < -0.4 is 15.0 Å². The van der Waals surface area contributed by atoms with Gasteiger partial charge in [-0.3, -0.25) is 19.1 Å². The number of hydrogen-bond acceptors (Lipinski definition) is 6. The predicted octanol–water partition coefficient (Wildman–Crippen LogP) is 5.57. The normalized spacial score (nSPS) is 13.9. The summed E-state index contributed by atoms with van der Waals surface area (Å²) in [5, 5.41) is 12.2. The summed E-state index contributed by atoms with van der Waals surface area (Å²) in [7, 11) is 0. The first-order valence-electron chi connectivity index (χ1n) is 12.6. The van der Waals surface area contributed by atoms with Crippen LogP contribution in [-0.2, 0) is 22.7 Å². The molecule has 0 bridgehead atoms. The second-order valence-corrected chi connectivity index (χ2v) is 10.4. The summed E-state index contributed by atoms with van der Waals surface area (Å²) < 4.78 is 8.08. The molecule has 2 amide bonds. The standard InChI is InChI=1S/C30H29N5O3S/c1-4-18-34-26(19-38-25-17-11-8-14-22(25)21-12-6-5-7-13-21)32-33-29(34)39-20-27(36)35-24-16-10-9-15-23(24)31-28(37)30(35,2)3/h4-17H,1,18-20H2,2-3H3,(H,31,37). The van der Waals surface area contributed by atoms with Crippen molar-refractivity contribution >= 4 is 35.0 Å². The number of benzene rings is 3. The van der Waals surface area contributed by atoms with Crippen LogP contribution in [0.2, 0.25) is 0 Å². The topological polar surface area (TPSA) is 89.3 Å². The molecular weight excluding hydrogens is 510 g/mol. The SMILES string of the molecule is C=CCn1c(COc2ccccc2-c2ccccc2)nnc1SCC(=O)N1c2ccccc2NC(=O)C1(C)C. The number of aromatic nitrogens is 3. The van der Waals surface area contributed by atoms with Gasteiger partial charge in [0, 0.05) is 12.1 Å². The highest BCUT2D eigenvalue weighted by atomic mass is 32.2. The lowest BCUT2D eigenvalue weighted by molar-refractivity contribution is -0.125. The Morgan fingerprint density at radius 3 is 2.54 bits per heavy atom. The van der Waals surface area contributed by atoms with E-state index in [0.29, 0.717) is 28.9 Å². The third kappa shape index (κ3) is 5.31. The summed E-state index contributed by atoms with van der Waals surface area (Å²) >= 11 is 1.27. The molecule has 2 heterocycles. The van der Waals surface area contributed by atoms with Crippen LogP contribution in [0, 0.1) is 0 Å². The number of carbonyl (C=O) groups is 2. The molecule has 0 spiro atoms. The van der Waals surface area contributed by atoms with Crippen molar-refractivity contribution in [2.24, 2.45) is 0 Å². The van der Waals surface area contributed by atoms with Crippen LogP contribution in [0.15, 0.2) is 96.7 Å². The van der Waals surface area contributed by atoms with Crippen LogP contribution in [0.1, 0.15) is 19.7 Å². The van der Waals surface area contributed by atoms with Crippen molar-refractivity contribution in [2.45, 2.75) is 37.7 Å². The summed E-state index contributed by atoms with van der Waals surface area (Å²) in [4.78, 5) is 27.8. The molecule has 1 aromatic heterocycles. The second-order valence-electron chi connectivity index (χ2n) is 9.50. The minimum Gasteiger partial charge on any atom is -0.485 e. The maximum absolute atomic E-state index is 13.5. The van der Waals surface area contributed by atoms with Crippen molar-refractivity contribution in [2.75, 3.05) is 16.0 Å². The van der Waals surface area contributed by atoms with E-state index in [1.54, 1.807) is 30.9 Å². The van der Waals surface area contributed by atoms with Crippen molar-refractivity contribution in [3.05, 3.63) is 97.3 Å². The van der Waals surface area contributed by atoms with E-state index in [1.165, 1.54) is 11.8 Å². The first kappa shape index (κ1) is 26.2. The average molecular weight is 540 g/mol. The van der Waals surface area contributed by atoms with Gasteiger partial charge in [0.05, 0.1) is 17.1 Å². The number of carbonyl (C=O) groups excluding carboxylic acids is 2. The molecule has 39 heavy (non-hydrogen) atoms. The summed E-state index contributed by atoms with van der Waals surface area (Å²) in [6.45, 7) is 8.01. The molecule has 3 aromatic carbocycles. The van der Waals surface area contributed by atoms with Gasteiger partial charge in [-0.1, -0.05) is 78.5 Å². The van der Waals surface area contributed by atoms with E-state index < -0.39 is 5.54 Å². The summed E-state index contributed by atoms with van der Waals surface area (Å²) in [5.41, 5.74) is 2.30. The van der Waals surface area contributed by atoms with Gasteiger partial charge in [-0.05, 0) is 37.6 Å². The lowest BCUT2D eigenvalue weighted by atomic mass is 9.96. The molecule has 1 aliphatic heterocycles. The molecule has 5 rings (SSSR count). The second kappa shape index (κ2) is 11.2. The van der Waals surface area contributed by atoms with Crippen molar-refractivity contribution in [1.82, 2.24) is 14.8 Å². The van der Waals surface area contributed by atoms with E-state index in [9.17, 15) is 9.59 Å². The van der Waals surface area contributed by atoms with Crippen molar-refractivity contribution < 1.29 is 14.3 Å². The fourth-order valence-electron chi connectivity index (χ4n) is 4.53. The van der Waals surface area contributed by atoms with Gasteiger partial charge < -0.3 is 10.1 Å². The number of nitrogens with one attached hydrogen (secondary N) is 1. The Labute approximate surface area is 231 Å². The minimum atomic E-state index is -1.04. The smallest absolute Gasteiger partial charge is 0.250 e. The first-order valence-corrected chi connectivity index (χ1v) is 13.5. The summed E-state index contributed by atoms with van der Waals surface area (Å²) in [6, 6.07) is 25.2. The molecule has 1 N–H and O–H groups in total. The van der Waals surface area contributed by atoms with Gasteiger partial charge in [0.1, 0.15) is 17.9 Å². The third-order valence-electron chi connectivity index (χ3n) is 6.52. The zero-order valence-electron chi connectivity index (χ0n) is 21.8. The predicted molar refractivity (Wildman–Crippen MR) is 154 cm³/mol. The van der Waals surface area contributed by atoms with E-state index in [0.717, 1.165) is 16.9 Å². The molecule has 0 fully saturated rings. The molecule has 4 aromatic rings. The number of amides is 2. The van der Waals surface area contributed by atoms with E-state index in [1.807, 2.05) is 77.4 Å². The Morgan fingerprint density at radius 1 is 1.03 bits per heavy atom. The maximum Gasteiger partial charge on any atom is 0.250 e. The van der Waals surface area contributed by atoms with Gasteiger partial charge in [0.15, 0.2) is 11.0 Å². The zero-order chi connectivity index (χ0) is 27.4. The number of anilines is 2. The Morgan fingerprint density at radius 2 is 1.74 bits per heavy atom. The fourth-order valence-corrected chi connectivity index (χ4v) is 5.34. The van der Waals surface area contributed by atoms with E-state index >= 15 is 0 Å². The van der Waals surface area contributed by atoms with Crippen LogP contribution in [-0.4, -0.2) is 37.9 Å². The molecular formula is C30H29N5O3S. The Kier molecular flexibility index (Phi) is 7.51. The van der Waals surface area contributed by atoms with Crippen LogP contribution in [0.4, 0.5) is 11.4 Å². The molecule has 0 saturated carbocycles. The van der Waals surface area contributed by atoms with Crippen molar-refractivity contribution in [3.63, 3.8) is 0 Å². The Bertz CT molecular complexity index is 1520. The lowest BCUT2D eigenvalue weighted by Gasteiger charge is -2.42. The number of ether oxygens (including phenoxy) is 1. The molecule has 0 unspecified atom stereocenters. The number of rotatable bonds is 9. The van der Waals surface area contributed by atoms with Crippen LogP contribution in [0.5, 0.6) is 5.75 Å². The minimum absolute atomic E-state index is 0.0814. The molecule has 0 aliphatic carbocycles. The van der Waals surface area contributed by atoms with Gasteiger partial charge in [0.25, 0.3) is 0 Å². The number of fused-ring (bicyclic) bond motifs is 1. The number of allylic oxidation sites excluding steroid dienone is 1. The quantitative estimate of drug-likeness (QED) is 0.221. The maximum atomic E-state index is 13.5. The average Bonchev–Trinajstić information content (AvgIpc) is 3.33. The summed E-state index contributed by atoms with van der Waals surface area (Å²) in [5.74, 6) is 1.01. The van der Waals surface area contributed by atoms with E-state index in [2.05, 4.69) is 22.1 Å². The molecule has 0 atom stereocenters. The lowest BCUT2D eigenvalue weighted by Crippen LogP contribution is -2.59. The van der Waals surface area contributed by atoms with Crippen LogP contribution >= 0.6 is 11.8 Å². The van der Waals surface area contributed by atoms with Crippen LogP contribution in [0.25, 0.3) is 11.1 Å². The largest absolute Gasteiger partial charge is 0.485 e. The van der Waals surface area contributed by atoms with Gasteiger partial charge in [-0.15, -0.1) is 16.8 Å². The van der Waals surface area contributed by atoms with Crippen molar-refractivity contribution in [3.8, 4) is 16.9 Å². The Balaban J connectivity index is 1.33. The number of thioether (sulfide) groups is 1. The van der Waals surface area contributed by atoms with Gasteiger partial charge in [-0.2, -0.15) is 0 Å². The highest BCUT2D eigenvalue weighted by molar-refractivity contribution is 7.99. The van der Waals surface area contributed by atoms with Gasteiger partial charge >= 0.3 is 0 Å². The van der Waals surface area contributed by atoms with Gasteiger partial charge in [0.2, 0.25) is 11.8 Å². The summed E-state index contributed by atoms with van der Waals surface area (Å²) in [6.07, 6.45) is 1.75. The monoisotopic (exact) mass is 539 g/mol. The highest BCUT2D eigenvalue weighted by Crippen LogP contribution is 2.37. The number of nitrogens with zero attached hydrogens (tertiary/aromatic N) is 4. The fraction of sp³-hybridized carbons (Fsp3) is 0.200. The third-order valence-corrected chi connectivity index (χ3v) is 7.47. The van der Waals surface area contributed by atoms with Gasteiger partial charge in [-0.25, -0.2) is 0 Å². The molecule has 198 valence electrons. The van der Waals surface area contributed by atoms with E-state index in [-0.39, 0.29) is 24.2 Å². The molecule has 0 radical (unpaired) electrons. The first-order chi connectivity index (χ1) is 18.9. The number of para-hydroxylation sites is 3. The molecule has 9 heteroatoms. The molecule has 0 saturated heterocycles. The zero-order valence-corrected chi connectivity index (χ0v) is 22.6. The van der Waals surface area contributed by atoms with E-state index in [4.69, 9.17) is 4.74 Å². The number of hydrogen-bond donors (Lipinski definition) is 1. The molecule has 1 aliphatic rings.